The highest BCUT2D eigenvalue weighted by Crippen LogP contribution is 2.44. The molecule has 0 fully saturated rings. The fourth-order valence-corrected chi connectivity index (χ4v) is 5.34. The maximum Gasteiger partial charge on any atom is -0.00262 e. The van der Waals surface area contributed by atoms with Crippen molar-refractivity contribution in [1.82, 2.24) is 0 Å². The van der Waals surface area contributed by atoms with E-state index in [0.717, 1.165) is 12.0 Å². The van der Waals surface area contributed by atoms with E-state index in [0.29, 0.717) is 0 Å². The van der Waals surface area contributed by atoms with Crippen molar-refractivity contribution < 1.29 is 0 Å². The summed E-state index contributed by atoms with van der Waals surface area (Å²) in [6.07, 6.45) is 6.75. The molecule has 0 aliphatic heterocycles. The van der Waals surface area contributed by atoms with E-state index in [1.165, 1.54) is 60.1 Å². The molecule has 1 heteroatoms. The number of hydrogen-bond donors (Lipinski definition) is 1. The van der Waals surface area contributed by atoms with Crippen molar-refractivity contribution in [1.29, 1.82) is 0 Å². The Balaban J connectivity index is 0.00000151. The Morgan fingerprint density at radius 2 is 1.08 bits per heavy atom. The molecule has 0 saturated heterocycles. The van der Waals surface area contributed by atoms with E-state index < -0.39 is 0 Å². The average molecular weight is 506 g/mol. The molecule has 6 aromatic rings. The molecule has 6 aromatic carbocycles. The molecule has 2 N–H and O–H groups in total. The molecule has 192 valence electrons. The topological polar surface area (TPSA) is 26.0 Å². The minimum Gasteiger partial charge on any atom is -0.404 e. The van der Waals surface area contributed by atoms with Crippen molar-refractivity contribution in [2.24, 2.45) is 5.73 Å². The van der Waals surface area contributed by atoms with E-state index in [1.54, 1.807) is 6.20 Å². The first-order valence-corrected chi connectivity index (χ1v) is 13.8. The van der Waals surface area contributed by atoms with Crippen LogP contribution in [0.25, 0.3) is 54.6 Å². The van der Waals surface area contributed by atoms with Crippen molar-refractivity contribution >= 4 is 32.3 Å². The van der Waals surface area contributed by atoms with Gasteiger partial charge in [-0.15, -0.1) is 0 Å². The molecular weight excluding hydrogens is 470 g/mol. The Morgan fingerprint density at radius 1 is 0.590 bits per heavy atom. The van der Waals surface area contributed by atoms with Gasteiger partial charge in [-0.05, 0) is 91.3 Å². The van der Waals surface area contributed by atoms with Crippen LogP contribution in [0.3, 0.4) is 0 Å². The number of nitrogens with two attached hydrogens (primary N) is 1. The Bertz CT molecular complexity index is 1750. The van der Waals surface area contributed by atoms with Gasteiger partial charge in [-0.1, -0.05) is 135 Å². The van der Waals surface area contributed by atoms with E-state index in [2.05, 4.69) is 127 Å². The zero-order valence-corrected chi connectivity index (χ0v) is 23.0. The van der Waals surface area contributed by atoms with Crippen molar-refractivity contribution in [3.05, 3.63) is 145 Å². The number of fused-ring (bicyclic) bond motifs is 3. The Kier molecular flexibility index (Phi) is 7.89. The number of rotatable bonds is 5. The highest BCUT2D eigenvalue weighted by molar-refractivity contribution is 6.21. The molecule has 0 amide bonds. The Labute approximate surface area is 231 Å². The highest BCUT2D eigenvalue weighted by Gasteiger charge is 2.16. The SMILES string of the molecule is CC.CC(/C=C\Cc1ccc(-c2c3ccccc3c(-c3ccc4ccccc4c3)c3ccccc23)cc1)=C/N. The molecule has 0 atom stereocenters. The molecule has 0 spiro atoms. The molecule has 0 heterocycles. The van der Waals surface area contributed by atoms with Crippen molar-refractivity contribution in [2.75, 3.05) is 0 Å². The minimum atomic E-state index is 0.883. The lowest BCUT2D eigenvalue weighted by Crippen LogP contribution is -1.91. The minimum absolute atomic E-state index is 0.883. The van der Waals surface area contributed by atoms with Crippen LogP contribution in [-0.4, -0.2) is 0 Å². The summed E-state index contributed by atoms with van der Waals surface area (Å²) in [5.74, 6) is 0. The molecule has 0 bridgehead atoms. The third kappa shape index (κ3) is 5.22. The monoisotopic (exact) mass is 505 g/mol. The summed E-state index contributed by atoms with van der Waals surface area (Å²) >= 11 is 0. The van der Waals surface area contributed by atoms with Crippen LogP contribution >= 0.6 is 0 Å². The predicted molar refractivity (Wildman–Crippen MR) is 172 cm³/mol. The molecule has 1 nitrogen and oxygen atoms in total. The second-order valence-corrected chi connectivity index (χ2v) is 9.62. The van der Waals surface area contributed by atoms with E-state index in [-0.39, 0.29) is 0 Å². The summed E-state index contributed by atoms with van der Waals surface area (Å²) in [6.45, 7) is 6.01. The maximum atomic E-state index is 5.59. The van der Waals surface area contributed by atoms with Crippen LogP contribution in [0.2, 0.25) is 0 Å². The number of benzene rings is 6. The second-order valence-electron chi connectivity index (χ2n) is 9.62. The zero-order chi connectivity index (χ0) is 27.2. The van der Waals surface area contributed by atoms with Crippen molar-refractivity contribution in [3.63, 3.8) is 0 Å². The third-order valence-corrected chi connectivity index (χ3v) is 7.21. The van der Waals surface area contributed by atoms with Gasteiger partial charge in [-0.2, -0.15) is 0 Å². The molecule has 6 rings (SSSR count). The number of allylic oxidation sites excluding steroid dienone is 3. The van der Waals surface area contributed by atoms with E-state index in [1.807, 2.05) is 20.8 Å². The lowest BCUT2D eigenvalue weighted by atomic mass is 9.85. The van der Waals surface area contributed by atoms with Crippen LogP contribution in [0.4, 0.5) is 0 Å². The molecule has 0 aliphatic rings. The van der Waals surface area contributed by atoms with Gasteiger partial charge in [0.05, 0.1) is 0 Å². The van der Waals surface area contributed by atoms with Gasteiger partial charge >= 0.3 is 0 Å². The normalized spacial score (nSPS) is 11.7. The van der Waals surface area contributed by atoms with Crippen LogP contribution in [-0.2, 0) is 6.42 Å². The molecule has 0 aromatic heterocycles. The van der Waals surface area contributed by atoms with E-state index in [9.17, 15) is 0 Å². The quantitative estimate of drug-likeness (QED) is 0.183. The smallest absolute Gasteiger partial charge is 0.00262 e. The largest absolute Gasteiger partial charge is 0.404 e. The molecule has 0 saturated carbocycles. The lowest BCUT2D eigenvalue weighted by Gasteiger charge is -2.18. The van der Waals surface area contributed by atoms with Gasteiger partial charge in [0.1, 0.15) is 0 Å². The van der Waals surface area contributed by atoms with Gasteiger partial charge in [-0.3, -0.25) is 0 Å². The fraction of sp³-hybridized carbons (Fsp3) is 0.105. The second kappa shape index (κ2) is 11.8. The zero-order valence-electron chi connectivity index (χ0n) is 23.0. The standard InChI is InChI=1S/C36H29N.C2H6/c1-25(24-37)9-8-10-26-17-19-28(20-18-26)35-31-13-4-6-15-33(31)36(34-16-7-5-14-32(34)35)30-22-21-27-11-2-3-12-29(27)23-30;1-2/h2-9,11-24H,10,37H2,1H3;1-2H3/b9-8-,25-24-;. The van der Waals surface area contributed by atoms with Crippen LogP contribution in [0.1, 0.15) is 26.3 Å². The van der Waals surface area contributed by atoms with Gasteiger partial charge in [0.15, 0.2) is 0 Å². The molecule has 0 aliphatic carbocycles. The predicted octanol–water partition coefficient (Wildman–Crippen LogP) is 10.5. The highest BCUT2D eigenvalue weighted by atomic mass is 14.5. The Hall–Kier alpha value is -4.62. The fourth-order valence-electron chi connectivity index (χ4n) is 5.34. The van der Waals surface area contributed by atoms with E-state index in [4.69, 9.17) is 5.73 Å². The third-order valence-electron chi connectivity index (χ3n) is 7.21. The van der Waals surface area contributed by atoms with Gasteiger partial charge in [-0.25, -0.2) is 0 Å². The summed E-state index contributed by atoms with van der Waals surface area (Å²) in [4.78, 5) is 0. The summed E-state index contributed by atoms with van der Waals surface area (Å²) < 4.78 is 0. The molecular formula is C38H35N. The van der Waals surface area contributed by atoms with Gasteiger partial charge in [0.25, 0.3) is 0 Å². The van der Waals surface area contributed by atoms with Gasteiger partial charge in [0.2, 0.25) is 0 Å². The molecule has 39 heavy (non-hydrogen) atoms. The van der Waals surface area contributed by atoms with Crippen LogP contribution in [0.15, 0.2) is 139 Å². The Morgan fingerprint density at radius 3 is 1.64 bits per heavy atom. The first-order chi connectivity index (χ1) is 19.2. The lowest BCUT2D eigenvalue weighted by molar-refractivity contribution is 1.26. The van der Waals surface area contributed by atoms with Crippen LogP contribution in [0.5, 0.6) is 0 Å². The first-order valence-electron chi connectivity index (χ1n) is 13.8. The van der Waals surface area contributed by atoms with Gasteiger partial charge in [0, 0.05) is 0 Å². The summed E-state index contributed by atoms with van der Waals surface area (Å²) in [7, 11) is 0. The summed E-state index contributed by atoms with van der Waals surface area (Å²) in [5, 5.41) is 7.64. The van der Waals surface area contributed by atoms with Crippen molar-refractivity contribution in [3.8, 4) is 22.3 Å². The maximum absolute atomic E-state index is 5.59. The molecule has 0 unspecified atom stereocenters. The first kappa shape index (κ1) is 26.0. The van der Waals surface area contributed by atoms with Crippen LogP contribution < -0.4 is 5.73 Å². The van der Waals surface area contributed by atoms with E-state index >= 15 is 0 Å². The number of hydrogen-bond acceptors (Lipinski definition) is 1. The molecule has 0 radical (unpaired) electrons. The average Bonchev–Trinajstić information content (AvgIpc) is 3.01. The van der Waals surface area contributed by atoms with Gasteiger partial charge < -0.3 is 5.73 Å². The van der Waals surface area contributed by atoms with Crippen LogP contribution in [0, 0.1) is 0 Å². The van der Waals surface area contributed by atoms with Crippen molar-refractivity contribution in [2.45, 2.75) is 27.2 Å². The summed E-state index contributed by atoms with van der Waals surface area (Å²) in [6, 6.07) is 42.1. The summed E-state index contributed by atoms with van der Waals surface area (Å²) in [5.41, 5.74) is 13.0.